The van der Waals surface area contributed by atoms with Crippen LogP contribution in [0.4, 0.5) is 0 Å². The fourth-order valence-corrected chi connectivity index (χ4v) is 6.93. The second-order valence-electron chi connectivity index (χ2n) is 2.64. The van der Waals surface area contributed by atoms with Gasteiger partial charge in [-0.2, -0.15) is 0 Å². The quantitative estimate of drug-likeness (QED) is 0.425. The molecule has 0 bridgehead atoms. The third-order valence-corrected chi connectivity index (χ3v) is 7.74. The Labute approximate surface area is 71.9 Å². The summed E-state index contributed by atoms with van der Waals surface area (Å²) in [6.07, 6.45) is 8.99. The van der Waals surface area contributed by atoms with Gasteiger partial charge in [0.1, 0.15) is 0 Å². The van der Waals surface area contributed by atoms with E-state index in [0.29, 0.717) is 5.25 Å². The van der Waals surface area contributed by atoms with Crippen molar-refractivity contribution in [3.63, 3.8) is 0 Å². The zero-order valence-electron chi connectivity index (χ0n) is 6.04. The van der Waals surface area contributed by atoms with Crippen LogP contribution in [0.15, 0.2) is 0 Å². The Kier molecular flexibility index (Phi) is 2.86. The molecule has 0 amide bonds. The highest BCUT2D eigenvalue weighted by Crippen LogP contribution is 2.61. The zero-order valence-corrected chi connectivity index (χ0v) is 8.57. The van der Waals surface area contributed by atoms with E-state index >= 15 is 0 Å². The molecule has 0 aromatic carbocycles. The van der Waals surface area contributed by atoms with Crippen molar-refractivity contribution in [2.24, 2.45) is 0 Å². The van der Waals surface area contributed by atoms with E-state index in [9.17, 15) is 0 Å². The molecule has 0 aromatic rings. The maximum Gasteiger partial charge on any atom is 0.0703 e. The molecule has 0 spiro atoms. The summed E-state index contributed by atoms with van der Waals surface area (Å²) in [5.41, 5.74) is 0. The molecule has 2 atom stereocenters. The smallest absolute Gasteiger partial charge is 0.0703 e. The lowest BCUT2D eigenvalue weighted by Gasteiger charge is -2.25. The second kappa shape index (κ2) is 3.30. The molecule has 0 radical (unpaired) electrons. The maximum atomic E-state index is 5.42. The van der Waals surface area contributed by atoms with Gasteiger partial charge in [-0.15, -0.1) is 17.8 Å². The van der Waals surface area contributed by atoms with Gasteiger partial charge in [-0.1, -0.05) is 17.7 Å². The predicted octanol–water partition coefficient (Wildman–Crippen LogP) is 2.54. The van der Waals surface area contributed by atoms with E-state index in [1.807, 2.05) is 11.4 Å². The minimum absolute atomic E-state index is 0.421. The van der Waals surface area contributed by atoms with Gasteiger partial charge in [-0.3, -0.25) is 0 Å². The van der Waals surface area contributed by atoms with Crippen LogP contribution in [0.25, 0.3) is 0 Å². The van der Waals surface area contributed by atoms with Gasteiger partial charge in [0.05, 0.1) is 5.25 Å². The van der Waals surface area contributed by atoms with Crippen LogP contribution in [0.2, 0.25) is 0 Å². The van der Waals surface area contributed by atoms with Crippen LogP contribution >= 0.6 is 16.6 Å². The molecule has 10 heavy (non-hydrogen) atoms. The lowest BCUT2D eigenvalue weighted by atomic mass is 10.2. The standard InChI is InChI=1S/C7H11PS2/c1-3-7-5-4-6-8(2,9)10-7/h1,7H,4-6H2,2H3. The highest BCUT2D eigenvalue weighted by Gasteiger charge is 2.22. The molecule has 0 nitrogen and oxygen atoms in total. The van der Waals surface area contributed by atoms with Crippen LogP contribution < -0.4 is 0 Å². The first-order chi connectivity index (χ1) is 4.64. The van der Waals surface area contributed by atoms with Crippen molar-refractivity contribution in [1.29, 1.82) is 0 Å². The van der Waals surface area contributed by atoms with Crippen LogP contribution in [0.5, 0.6) is 0 Å². The van der Waals surface area contributed by atoms with Gasteiger partial charge < -0.3 is 0 Å². The van der Waals surface area contributed by atoms with Crippen LogP contribution in [-0.4, -0.2) is 18.1 Å². The molecule has 1 rings (SSSR count). The first kappa shape index (κ1) is 8.65. The molecule has 1 saturated heterocycles. The van der Waals surface area contributed by atoms with Crippen molar-refractivity contribution in [3.05, 3.63) is 0 Å². The van der Waals surface area contributed by atoms with Crippen molar-refractivity contribution in [2.75, 3.05) is 12.8 Å². The Morgan fingerprint density at radius 1 is 1.80 bits per heavy atom. The van der Waals surface area contributed by atoms with Crippen LogP contribution in [0, 0.1) is 12.3 Å². The molecule has 1 fully saturated rings. The van der Waals surface area contributed by atoms with Gasteiger partial charge in [0.15, 0.2) is 0 Å². The summed E-state index contributed by atoms with van der Waals surface area (Å²) in [5.74, 6) is 2.78. The van der Waals surface area contributed by atoms with E-state index in [2.05, 4.69) is 12.6 Å². The summed E-state index contributed by atoms with van der Waals surface area (Å²) in [5, 5.41) is -0.631. The highest BCUT2D eigenvalue weighted by atomic mass is 32.9. The first-order valence-electron chi connectivity index (χ1n) is 3.35. The van der Waals surface area contributed by atoms with Crippen molar-refractivity contribution >= 4 is 28.4 Å². The Balaban J connectivity index is 2.58. The lowest BCUT2D eigenvalue weighted by molar-refractivity contribution is 0.842. The molecule has 2 unspecified atom stereocenters. The summed E-state index contributed by atoms with van der Waals surface area (Å²) in [6.45, 7) is 2.20. The van der Waals surface area contributed by atoms with Gasteiger partial charge in [-0.05, 0) is 25.7 Å². The first-order valence-corrected chi connectivity index (χ1v) is 8.27. The number of hydrogen-bond acceptors (Lipinski definition) is 2. The van der Waals surface area contributed by atoms with E-state index in [1.165, 1.54) is 19.0 Å². The second-order valence-corrected chi connectivity index (χ2v) is 12.1. The average molecular weight is 190 g/mol. The van der Waals surface area contributed by atoms with Gasteiger partial charge in [0.2, 0.25) is 0 Å². The molecule has 0 saturated carbocycles. The summed E-state index contributed by atoms with van der Waals surface area (Å²) in [7, 11) is 0. The fourth-order valence-electron chi connectivity index (χ4n) is 1.05. The van der Waals surface area contributed by atoms with Crippen LogP contribution in [0.3, 0.4) is 0 Å². The number of rotatable bonds is 0. The number of hydrogen-bond donors (Lipinski definition) is 0. The molecule has 1 aliphatic heterocycles. The normalized spacial score (nSPS) is 40.6. The van der Waals surface area contributed by atoms with Crippen molar-refractivity contribution in [2.45, 2.75) is 18.1 Å². The predicted molar refractivity (Wildman–Crippen MR) is 54.5 cm³/mol. The van der Waals surface area contributed by atoms with E-state index < -0.39 is 5.24 Å². The van der Waals surface area contributed by atoms with E-state index in [-0.39, 0.29) is 0 Å². The van der Waals surface area contributed by atoms with Crippen molar-refractivity contribution < 1.29 is 0 Å². The zero-order chi connectivity index (χ0) is 7.61. The third kappa shape index (κ3) is 2.31. The Bertz CT molecular complexity index is 204. The van der Waals surface area contributed by atoms with Crippen molar-refractivity contribution in [3.8, 4) is 12.3 Å². The van der Waals surface area contributed by atoms with Crippen LogP contribution in [-0.2, 0) is 11.8 Å². The minimum atomic E-state index is -1.05. The largest absolute Gasteiger partial charge is 0.119 e. The molecule has 1 heterocycles. The monoisotopic (exact) mass is 190 g/mol. The van der Waals surface area contributed by atoms with Crippen molar-refractivity contribution in [1.82, 2.24) is 0 Å². The maximum absolute atomic E-state index is 5.42. The molecule has 56 valence electrons. The third-order valence-electron chi connectivity index (χ3n) is 1.57. The molecule has 0 aromatic heterocycles. The van der Waals surface area contributed by atoms with Gasteiger partial charge in [-0.25, -0.2) is 0 Å². The fraction of sp³-hybridized carbons (Fsp3) is 0.714. The van der Waals surface area contributed by atoms with Gasteiger partial charge >= 0.3 is 0 Å². The molecule has 1 aliphatic rings. The summed E-state index contributed by atoms with van der Waals surface area (Å²) >= 11 is 7.30. The number of terminal acetylenes is 1. The van der Waals surface area contributed by atoms with Gasteiger partial charge in [0, 0.05) is 5.24 Å². The summed E-state index contributed by atoms with van der Waals surface area (Å²) in [6, 6.07) is 0. The minimum Gasteiger partial charge on any atom is -0.119 e. The van der Waals surface area contributed by atoms with Crippen LogP contribution in [0.1, 0.15) is 12.8 Å². The molecular weight excluding hydrogens is 179 g/mol. The topological polar surface area (TPSA) is 0 Å². The Hall–Kier alpha value is 0.560. The van der Waals surface area contributed by atoms with Gasteiger partial charge in [0.25, 0.3) is 0 Å². The van der Waals surface area contributed by atoms with E-state index in [4.69, 9.17) is 18.2 Å². The highest BCUT2D eigenvalue weighted by molar-refractivity contribution is 8.71. The molecule has 3 heteroatoms. The molecule has 0 N–H and O–H groups in total. The Morgan fingerprint density at radius 2 is 2.50 bits per heavy atom. The lowest BCUT2D eigenvalue weighted by Crippen LogP contribution is -2.06. The Morgan fingerprint density at radius 3 is 2.90 bits per heavy atom. The molecular formula is C7H11PS2. The summed E-state index contributed by atoms with van der Waals surface area (Å²) in [4.78, 5) is 0. The SMILES string of the molecule is C#CC1CCCP(C)(=S)S1. The van der Waals surface area contributed by atoms with E-state index in [1.54, 1.807) is 0 Å². The van der Waals surface area contributed by atoms with E-state index in [0.717, 1.165) is 0 Å². The summed E-state index contributed by atoms with van der Waals surface area (Å²) < 4.78 is 0. The molecule has 0 aliphatic carbocycles. The average Bonchev–Trinajstić information content (AvgIpc) is 1.86.